The number of hydrogen-bond donors (Lipinski definition) is 1. The number of hydrogen-bond acceptors (Lipinski definition) is 4. The summed E-state index contributed by atoms with van der Waals surface area (Å²) in [5.74, 6) is 1.45. The average Bonchev–Trinajstić information content (AvgIpc) is 3.09. The third-order valence-corrected chi connectivity index (χ3v) is 3.65. The molecule has 4 heteroatoms. The highest BCUT2D eigenvalue weighted by Gasteiger charge is 2.12. The largest absolute Gasteiger partial charge is 0.439 e. The van der Waals surface area contributed by atoms with Crippen molar-refractivity contribution in [2.24, 2.45) is 0 Å². The van der Waals surface area contributed by atoms with Gasteiger partial charge in [0.2, 0.25) is 5.89 Å². The van der Waals surface area contributed by atoms with E-state index in [0.717, 1.165) is 23.6 Å². The zero-order chi connectivity index (χ0) is 15.9. The first kappa shape index (κ1) is 15.3. The number of benzene rings is 2. The van der Waals surface area contributed by atoms with E-state index in [9.17, 15) is 0 Å². The van der Waals surface area contributed by atoms with E-state index in [1.54, 1.807) is 6.20 Å². The van der Waals surface area contributed by atoms with E-state index >= 15 is 0 Å². The van der Waals surface area contributed by atoms with Gasteiger partial charge in [0, 0.05) is 24.4 Å². The Balaban J connectivity index is 1.76. The Bertz CT molecular complexity index is 711. The van der Waals surface area contributed by atoms with Gasteiger partial charge < -0.3 is 14.4 Å². The van der Waals surface area contributed by atoms with Crippen molar-refractivity contribution >= 4 is 5.69 Å². The molecule has 3 aromatic rings. The lowest BCUT2D eigenvalue weighted by atomic mass is 10.2. The highest BCUT2D eigenvalue weighted by atomic mass is 16.4. The van der Waals surface area contributed by atoms with Crippen LogP contribution in [-0.2, 0) is 6.54 Å². The van der Waals surface area contributed by atoms with E-state index in [2.05, 4.69) is 22.0 Å². The summed E-state index contributed by atoms with van der Waals surface area (Å²) in [7, 11) is 0. The molecule has 0 spiro atoms. The van der Waals surface area contributed by atoms with Gasteiger partial charge in [-0.1, -0.05) is 48.5 Å². The maximum absolute atomic E-state index is 9.12. The number of aliphatic hydroxyl groups excluding tert-OH is 1. The van der Waals surface area contributed by atoms with E-state index in [0.29, 0.717) is 18.9 Å². The quantitative estimate of drug-likeness (QED) is 0.722. The molecule has 1 N–H and O–H groups in total. The van der Waals surface area contributed by atoms with Crippen molar-refractivity contribution in [2.75, 3.05) is 18.1 Å². The first-order valence-electron chi connectivity index (χ1n) is 7.78. The molecular formula is C19H20N2O2. The molecule has 0 aliphatic heterocycles. The normalized spacial score (nSPS) is 10.7. The zero-order valence-electron chi connectivity index (χ0n) is 12.9. The van der Waals surface area contributed by atoms with Crippen molar-refractivity contribution in [3.63, 3.8) is 0 Å². The Morgan fingerprint density at radius 3 is 2.35 bits per heavy atom. The zero-order valence-corrected chi connectivity index (χ0v) is 12.9. The molecule has 0 atom stereocenters. The molecule has 0 aliphatic rings. The number of rotatable bonds is 7. The smallest absolute Gasteiger partial charge is 0.214 e. The lowest BCUT2D eigenvalue weighted by Crippen LogP contribution is -2.24. The predicted octanol–water partition coefficient (Wildman–Crippen LogP) is 3.73. The molecule has 0 bridgehead atoms. The van der Waals surface area contributed by atoms with Gasteiger partial charge in [-0.2, -0.15) is 0 Å². The SMILES string of the molecule is OCCCN(Cc1ncc(-c2ccccc2)o1)c1ccccc1. The minimum atomic E-state index is 0.171. The monoisotopic (exact) mass is 308 g/mol. The van der Waals surface area contributed by atoms with Crippen LogP contribution in [0, 0.1) is 0 Å². The van der Waals surface area contributed by atoms with Gasteiger partial charge in [-0.05, 0) is 18.6 Å². The van der Waals surface area contributed by atoms with Crippen LogP contribution in [0.1, 0.15) is 12.3 Å². The molecule has 0 radical (unpaired) electrons. The summed E-state index contributed by atoms with van der Waals surface area (Å²) in [6.45, 7) is 1.50. The Kier molecular flexibility index (Phi) is 5.06. The van der Waals surface area contributed by atoms with E-state index in [-0.39, 0.29) is 6.61 Å². The molecular weight excluding hydrogens is 288 g/mol. The third kappa shape index (κ3) is 3.99. The first-order valence-corrected chi connectivity index (χ1v) is 7.78. The number of oxazole rings is 1. The minimum absolute atomic E-state index is 0.171. The molecule has 0 amide bonds. The summed E-state index contributed by atoms with van der Waals surface area (Å²) >= 11 is 0. The second-order valence-electron chi connectivity index (χ2n) is 5.32. The van der Waals surface area contributed by atoms with Crippen LogP contribution in [0.5, 0.6) is 0 Å². The molecule has 3 rings (SSSR count). The van der Waals surface area contributed by atoms with Gasteiger partial charge in [-0.3, -0.25) is 0 Å². The van der Waals surface area contributed by atoms with Crippen LogP contribution >= 0.6 is 0 Å². The van der Waals surface area contributed by atoms with Crippen molar-refractivity contribution in [3.8, 4) is 11.3 Å². The average molecular weight is 308 g/mol. The molecule has 2 aromatic carbocycles. The van der Waals surface area contributed by atoms with Crippen LogP contribution in [0.3, 0.4) is 0 Å². The van der Waals surface area contributed by atoms with Gasteiger partial charge in [-0.25, -0.2) is 4.98 Å². The first-order chi connectivity index (χ1) is 11.4. The van der Waals surface area contributed by atoms with Crippen LogP contribution in [0.15, 0.2) is 71.3 Å². The highest BCUT2D eigenvalue weighted by molar-refractivity contribution is 5.56. The summed E-state index contributed by atoms with van der Waals surface area (Å²) in [4.78, 5) is 6.56. The second-order valence-corrected chi connectivity index (χ2v) is 5.32. The van der Waals surface area contributed by atoms with E-state index in [1.807, 2.05) is 48.5 Å². The fourth-order valence-electron chi connectivity index (χ4n) is 2.48. The van der Waals surface area contributed by atoms with Gasteiger partial charge in [0.1, 0.15) is 0 Å². The van der Waals surface area contributed by atoms with Gasteiger partial charge in [0.15, 0.2) is 5.76 Å². The standard InChI is InChI=1S/C19H20N2O2/c22-13-7-12-21(17-10-5-2-6-11-17)15-19-20-14-18(23-19)16-8-3-1-4-9-16/h1-6,8-11,14,22H,7,12-13,15H2. The summed E-state index contributed by atoms with van der Waals surface area (Å²) in [6.07, 6.45) is 2.47. The number of para-hydroxylation sites is 1. The lowest BCUT2D eigenvalue weighted by molar-refractivity contribution is 0.289. The predicted molar refractivity (Wildman–Crippen MR) is 91.1 cm³/mol. The molecule has 118 valence electrons. The van der Waals surface area contributed by atoms with Crippen LogP contribution in [0.2, 0.25) is 0 Å². The summed E-state index contributed by atoms with van der Waals surface area (Å²) < 4.78 is 5.89. The maximum Gasteiger partial charge on any atom is 0.214 e. The van der Waals surface area contributed by atoms with E-state index in [4.69, 9.17) is 9.52 Å². The maximum atomic E-state index is 9.12. The molecule has 0 saturated carbocycles. The molecule has 0 unspecified atom stereocenters. The number of nitrogens with zero attached hydrogens (tertiary/aromatic N) is 2. The fourth-order valence-corrected chi connectivity index (χ4v) is 2.48. The third-order valence-electron chi connectivity index (χ3n) is 3.65. The van der Waals surface area contributed by atoms with E-state index < -0.39 is 0 Å². The summed E-state index contributed by atoms with van der Waals surface area (Å²) in [5, 5.41) is 9.12. The van der Waals surface area contributed by atoms with Gasteiger partial charge in [-0.15, -0.1) is 0 Å². The van der Waals surface area contributed by atoms with Crippen molar-refractivity contribution < 1.29 is 9.52 Å². The van der Waals surface area contributed by atoms with Crippen LogP contribution in [-0.4, -0.2) is 23.2 Å². The van der Waals surface area contributed by atoms with Crippen molar-refractivity contribution in [1.82, 2.24) is 4.98 Å². The number of aromatic nitrogens is 1. The van der Waals surface area contributed by atoms with Crippen LogP contribution in [0.4, 0.5) is 5.69 Å². The van der Waals surface area contributed by atoms with Crippen LogP contribution in [0.25, 0.3) is 11.3 Å². The Hall–Kier alpha value is -2.59. The van der Waals surface area contributed by atoms with Crippen LogP contribution < -0.4 is 4.90 Å². The number of anilines is 1. The minimum Gasteiger partial charge on any atom is -0.439 e. The van der Waals surface area contributed by atoms with Gasteiger partial charge >= 0.3 is 0 Å². The topological polar surface area (TPSA) is 49.5 Å². The van der Waals surface area contributed by atoms with Crippen molar-refractivity contribution in [2.45, 2.75) is 13.0 Å². The molecule has 4 nitrogen and oxygen atoms in total. The molecule has 1 heterocycles. The van der Waals surface area contributed by atoms with E-state index in [1.165, 1.54) is 0 Å². The Labute approximate surface area is 136 Å². The summed E-state index contributed by atoms with van der Waals surface area (Å²) in [5.41, 5.74) is 2.12. The van der Waals surface area contributed by atoms with Crippen molar-refractivity contribution in [3.05, 3.63) is 72.8 Å². The van der Waals surface area contributed by atoms with Gasteiger partial charge in [0.05, 0.1) is 12.7 Å². The highest BCUT2D eigenvalue weighted by Crippen LogP contribution is 2.22. The molecule has 0 fully saturated rings. The molecule has 0 saturated heterocycles. The fraction of sp³-hybridized carbons (Fsp3) is 0.211. The Morgan fingerprint density at radius 2 is 1.65 bits per heavy atom. The summed E-state index contributed by atoms with van der Waals surface area (Å²) in [6, 6.07) is 20.1. The van der Waals surface area contributed by atoms with Gasteiger partial charge in [0.25, 0.3) is 0 Å². The molecule has 23 heavy (non-hydrogen) atoms. The molecule has 0 aliphatic carbocycles. The number of aliphatic hydroxyl groups is 1. The Morgan fingerprint density at radius 1 is 0.957 bits per heavy atom. The molecule has 1 aromatic heterocycles. The lowest BCUT2D eigenvalue weighted by Gasteiger charge is -2.22. The second kappa shape index (κ2) is 7.61. The van der Waals surface area contributed by atoms with Crippen molar-refractivity contribution in [1.29, 1.82) is 0 Å².